The standard InChI is InChI=1S/C29H35NO3/c1-3-13-33-22-8-10-23-19(16-22)7-9-25-24(23)11-12-29(2)26(25)17-21(27(29)31)15-18-5-4-6-20(14-18)28(30)32/h3-6,8,10,14,16,21,24-27,31H,1,7,9,11-13,15,17H2,2H3,(H2,30,32)/t21-,24?,25?,26?,27-,29-/m0/s1. The summed E-state index contributed by atoms with van der Waals surface area (Å²) in [5.41, 5.74) is 10.0. The molecule has 0 aromatic heterocycles. The zero-order valence-corrected chi connectivity index (χ0v) is 19.5. The van der Waals surface area contributed by atoms with Crippen molar-refractivity contribution in [3.63, 3.8) is 0 Å². The van der Waals surface area contributed by atoms with Crippen LogP contribution in [-0.2, 0) is 12.8 Å². The molecule has 0 bridgehead atoms. The van der Waals surface area contributed by atoms with E-state index in [0.717, 1.165) is 43.4 Å². The van der Waals surface area contributed by atoms with Crippen molar-refractivity contribution in [2.45, 2.75) is 57.5 Å². The van der Waals surface area contributed by atoms with Crippen LogP contribution in [0.1, 0.15) is 65.6 Å². The van der Waals surface area contributed by atoms with Crippen LogP contribution in [0.3, 0.4) is 0 Å². The molecule has 3 unspecified atom stereocenters. The maximum absolute atomic E-state index is 11.6. The minimum atomic E-state index is -0.397. The lowest BCUT2D eigenvalue weighted by atomic mass is 9.55. The van der Waals surface area contributed by atoms with Gasteiger partial charge in [0.05, 0.1) is 6.10 Å². The van der Waals surface area contributed by atoms with Gasteiger partial charge in [-0.05, 0) is 109 Å². The Morgan fingerprint density at radius 1 is 1.27 bits per heavy atom. The molecule has 5 rings (SSSR count). The highest BCUT2D eigenvalue weighted by Crippen LogP contribution is 2.62. The molecule has 0 radical (unpaired) electrons. The van der Waals surface area contributed by atoms with Gasteiger partial charge in [-0.3, -0.25) is 4.79 Å². The Balaban J connectivity index is 1.36. The molecular formula is C29H35NO3. The van der Waals surface area contributed by atoms with Crippen molar-refractivity contribution in [3.05, 3.63) is 77.4 Å². The second kappa shape index (κ2) is 8.64. The van der Waals surface area contributed by atoms with Crippen LogP contribution in [0.15, 0.2) is 55.1 Å². The lowest BCUT2D eigenvalue weighted by molar-refractivity contribution is -0.0325. The summed E-state index contributed by atoms with van der Waals surface area (Å²) in [6, 6.07) is 14.2. The summed E-state index contributed by atoms with van der Waals surface area (Å²) in [7, 11) is 0. The second-order valence-corrected chi connectivity index (χ2v) is 10.6. The van der Waals surface area contributed by atoms with Crippen LogP contribution in [0.4, 0.5) is 0 Å². The molecule has 0 aliphatic heterocycles. The fraction of sp³-hybridized carbons (Fsp3) is 0.483. The van der Waals surface area contributed by atoms with E-state index in [9.17, 15) is 9.90 Å². The first kappa shape index (κ1) is 22.2. The van der Waals surface area contributed by atoms with Crippen molar-refractivity contribution in [2.24, 2.45) is 28.9 Å². The monoisotopic (exact) mass is 445 g/mol. The summed E-state index contributed by atoms with van der Waals surface area (Å²) < 4.78 is 5.77. The summed E-state index contributed by atoms with van der Waals surface area (Å²) in [4.78, 5) is 11.6. The highest BCUT2D eigenvalue weighted by atomic mass is 16.5. The van der Waals surface area contributed by atoms with Crippen molar-refractivity contribution in [2.75, 3.05) is 6.61 Å². The van der Waals surface area contributed by atoms with Crippen molar-refractivity contribution >= 4 is 5.91 Å². The number of ether oxygens (including phenoxy) is 1. The summed E-state index contributed by atoms with van der Waals surface area (Å²) >= 11 is 0. The molecule has 2 aromatic rings. The average molecular weight is 446 g/mol. The lowest BCUT2D eigenvalue weighted by Gasteiger charge is -2.50. The minimum absolute atomic E-state index is 0.0301. The summed E-state index contributed by atoms with van der Waals surface area (Å²) in [5.74, 6) is 2.48. The van der Waals surface area contributed by atoms with Crippen molar-refractivity contribution < 1.29 is 14.6 Å². The maximum Gasteiger partial charge on any atom is 0.248 e. The van der Waals surface area contributed by atoms with Gasteiger partial charge in [-0.1, -0.05) is 37.8 Å². The van der Waals surface area contributed by atoms with E-state index in [0.29, 0.717) is 29.9 Å². The number of hydrogen-bond donors (Lipinski definition) is 2. The van der Waals surface area contributed by atoms with Crippen LogP contribution in [-0.4, -0.2) is 23.7 Å². The molecule has 174 valence electrons. The molecule has 1 amide bonds. The zero-order valence-electron chi connectivity index (χ0n) is 19.5. The number of aryl methyl sites for hydroxylation is 1. The van der Waals surface area contributed by atoms with Crippen LogP contribution in [0.25, 0.3) is 0 Å². The highest BCUT2D eigenvalue weighted by Gasteiger charge is 2.57. The van der Waals surface area contributed by atoms with Crippen LogP contribution in [0.2, 0.25) is 0 Å². The quantitative estimate of drug-likeness (QED) is 0.612. The number of hydrogen-bond acceptors (Lipinski definition) is 3. The number of rotatable bonds is 6. The Bertz CT molecular complexity index is 1060. The number of nitrogens with two attached hydrogens (primary N) is 1. The molecule has 6 atom stereocenters. The van der Waals surface area contributed by atoms with Gasteiger partial charge in [0.15, 0.2) is 0 Å². The van der Waals surface area contributed by atoms with Crippen LogP contribution in [0, 0.1) is 23.2 Å². The molecule has 3 aliphatic rings. The predicted octanol–water partition coefficient (Wildman–Crippen LogP) is 5.04. The number of aliphatic hydroxyl groups excluding tert-OH is 1. The summed E-state index contributed by atoms with van der Waals surface area (Å²) in [6.45, 7) is 6.59. The molecule has 0 spiro atoms. The van der Waals surface area contributed by atoms with Crippen LogP contribution in [0.5, 0.6) is 5.75 Å². The first-order valence-corrected chi connectivity index (χ1v) is 12.3. The Kier molecular flexibility index (Phi) is 5.82. The first-order chi connectivity index (χ1) is 15.9. The number of fused-ring (bicyclic) bond motifs is 5. The third-order valence-corrected chi connectivity index (χ3v) is 8.89. The van der Waals surface area contributed by atoms with Gasteiger partial charge in [-0.2, -0.15) is 0 Å². The molecule has 3 N–H and O–H groups in total. The van der Waals surface area contributed by atoms with Gasteiger partial charge in [0.1, 0.15) is 12.4 Å². The molecule has 4 heteroatoms. The molecule has 2 saturated carbocycles. The Morgan fingerprint density at radius 2 is 2.12 bits per heavy atom. The van der Waals surface area contributed by atoms with Gasteiger partial charge < -0.3 is 15.6 Å². The third kappa shape index (κ3) is 3.89. The predicted molar refractivity (Wildman–Crippen MR) is 130 cm³/mol. The van der Waals surface area contributed by atoms with E-state index in [-0.39, 0.29) is 17.4 Å². The fourth-order valence-electron chi connectivity index (χ4n) is 7.31. The van der Waals surface area contributed by atoms with Crippen molar-refractivity contribution in [1.29, 1.82) is 0 Å². The highest BCUT2D eigenvalue weighted by molar-refractivity contribution is 5.92. The van der Waals surface area contributed by atoms with E-state index < -0.39 is 5.91 Å². The summed E-state index contributed by atoms with van der Waals surface area (Å²) in [5, 5.41) is 11.5. The normalized spacial score (nSPS) is 32.4. The van der Waals surface area contributed by atoms with Gasteiger partial charge in [-0.25, -0.2) is 0 Å². The van der Waals surface area contributed by atoms with E-state index in [1.54, 1.807) is 12.1 Å². The molecule has 33 heavy (non-hydrogen) atoms. The second-order valence-electron chi connectivity index (χ2n) is 10.6. The molecule has 0 heterocycles. The number of carbonyl (C=O) groups is 1. The van der Waals surface area contributed by atoms with Crippen molar-refractivity contribution in [3.8, 4) is 5.75 Å². The molecule has 4 nitrogen and oxygen atoms in total. The van der Waals surface area contributed by atoms with E-state index in [1.807, 2.05) is 12.1 Å². The Hall–Kier alpha value is -2.59. The number of amides is 1. The number of benzene rings is 2. The number of carbonyl (C=O) groups excluding carboxylic acids is 1. The average Bonchev–Trinajstić information content (AvgIpc) is 3.07. The number of primary amides is 1. The Labute approximate surface area is 196 Å². The molecule has 3 aliphatic carbocycles. The molecule has 0 saturated heterocycles. The van der Waals surface area contributed by atoms with E-state index in [1.165, 1.54) is 17.5 Å². The van der Waals surface area contributed by atoms with Gasteiger partial charge in [0.25, 0.3) is 0 Å². The van der Waals surface area contributed by atoms with Gasteiger partial charge in [0.2, 0.25) is 5.91 Å². The fourth-order valence-corrected chi connectivity index (χ4v) is 7.31. The van der Waals surface area contributed by atoms with Gasteiger partial charge in [-0.15, -0.1) is 0 Å². The summed E-state index contributed by atoms with van der Waals surface area (Å²) in [6.07, 6.45) is 7.78. The minimum Gasteiger partial charge on any atom is -0.490 e. The Morgan fingerprint density at radius 3 is 2.91 bits per heavy atom. The zero-order chi connectivity index (χ0) is 23.2. The molecule has 2 aromatic carbocycles. The van der Waals surface area contributed by atoms with Crippen LogP contribution >= 0.6 is 0 Å². The van der Waals surface area contributed by atoms with E-state index in [2.05, 4.69) is 37.8 Å². The van der Waals surface area contributed by atoms with Crippen LogP contribution < -0.4 is 10.5 Å². The topological polar surface area (TPSA) is 72.5 Å². The third-order valence-electron chi connectivity index (χ3n) is 8.89. The first-order valence-electron chi connectivity index (χ1n) is 12.3. The largest absolute Gasteiger partial charge is 0.490 e. The van der Waals surface area contributed by atoms with E-state index >= 15 is 0 Å². The van der Waals surface area contributed by atoms with Gasteiger partial charge >= 0.3 is 0 Å². The molecule has 2 fully saturated rings. The van der Waals surface area contributed by atoms with E-state index in [4.69, 9.17) is 10.5 Å². The van der Waals surface area contributed by atoms with Crippen molar-refractivity contribution in [1.82, 2.24) is 0 Å². The smallest absolute Gasteiger partial charge is 0.248 e. The lowest BCUT2D eigenvalue weighted by Crippen LogP contribution is -2.44. The molecular weight excluding hydrogens is 410 g/mol. The number of aliphatic hydroxyl groups is 1. The SMILES string of the molecule is C=CCOc1ccc2c(c1)CCC1C2CC[C@@]2(C)C1C[C@H](Cc1cccc(C(N)=O)c1)[C@@H]2O. The maximum atomic E-state index is 11.6. The van der Waals surface area contributed by atoms with Gasteiger partial charge in [0, 0.05) is 5.56 Å².